The summed E-state index contributed by atoms with van der Waals surface area (Å²) in [5, 5.41) is 4.83. The van der Waals surface area contributed by atoms with Crippen molar-refractivity contribution in [1.29, 1.82) is 0 Å². The Balaban J connectivity index is 1.15. The van der Waals surface area contributed by atoms with E-state index in [1.807, 2.05) is 11.3 Å². The van der Waals surface area contributed by atoms with Gasteiger partial charge in [0, 0.05) is 47.7 Å². The maximum Gasteiger partial charge on any atom is 0.159 e. The fourth-order valence-electron chi connectivity index (χ4n) is 8.88. The van der Waals surface area contributed by atoms with E-state index >= 15 is 0 Å². The minimum Gasteiger partial charge on any atom is -0.454 e. The summed E-state index contributed by atoms with van der Waals surface area (Å²) < 4.78 is 9.61. The lowest BCUT2D eigenvalue weighted by Gasteiger charge is -2.29. The molecular formula is C50H33NOS. The predicted octanol–water partition coefficient (Wildman–Crippen LogP) is 14.4. The van der Waals surface area contributed by atoms with Crippen molar-refractivity contribution in [3.05, 3.63) is 199 Å². The molecule has 0 N–H and O–H groups in total. The molecule has 1 aliphatic rings. The van der Waals surface area contributed by atoms with E-state index in [2.05, 4.69) is 194 Å². The molecular weight excluding hydrogens is 663 g/mol. The largest absolute Gasteiger partial charge is 0.454 e. The molecule has 3 heteroatoms. The molecule has 0 unspecified atom stereocenters. The first-order chi connectivity index (χ1) is 26.2. The third-order valence-corrected chi connectivity index (χ3v) is 12.5. The first-order valence-corrected chi connectivity index (χ1v) is 19.0. The molecule has 0 fully saturated rings. The highest BCUT2D eigenvalue weighted by Gasteiger charge is 2.42. The molecule has 0 saturated carbocycles. The van der Waals surface area contributed by atoms with Gasteiger partial charge in [0.2, 0.25) is 0 Å². The molecule has 2 nitrogen and oxygen atoms in total. The molecule has 0 saturated heterocycles. The summed E-state index contributed by atoms with van der Waals surface area (Å²) >= 11 is 1.85. The summed E-state index contributed by atoms with van der Waals surface area (Å²) in [6.45, 7) is 2.39. The second kappa shape index (κ2) is 11.5. The van der Waals surface area contributed by atoms with Crippen molar-refractivity contribution < 1.29 is 4.42 Å². The van der Waals surface area contributed by atoms with E-state index in [1.54, 1.807) is 0 Å². The van der Waals surface area contributed by atoms with Crippen LogP contribution in [0.2, 0.25) is 0 Å². The first-order valence-electron chi connectivity index (χ1n) is 18.2. The van der Waals surface area contributed by atoms with Crippen molar-refractivity contribution in [1.82, 2.24) is 0 Å². The monoisotopic (exact) mass is 695 g/mol. The number of furan rings is 1. The zero-order chi connectivity index (χ0) is 35.1. The maximum atomic E-state index is 7.02. The SMILES string of the molecule is CC1(c2cccc3oc4c(N(c5ccc(-c6ccccc6)cc5)c5ccc6sc7ccccc7c6c5)cccc4c23)c2ccccc2-c2ccccc21. The van der Waals surface area contributed by atoms with Crippen molar-refractivity contribution in [2.75, 3.05) is 4.90 Å². The number of rotatable bonds is 5. The molecule has 8 aromatic carbocycles. The number of benzene rings is 8. The molecule has 250 valence electrons. The Labute approximate surface area is 311 Å². The third-order valence-electron chi connectivity index (χ3n) is 11.4. The van der Waals surface area contributed by atoms with Crippen LogP contribution in [0.1, 0.15) is 23.6 Å². The van der Waals surface area contributed by atoms with Gasteiger partial charge in [-0.05, 0) is 94.4 Å². The Kier molecular flexibility index (Phi) is 6.58. The van der Waals surface area contributed by atoms with Crippen molar-refractivity contribution in [2.45, 2.75) is 12.3 Å². The first kappa shape index (κ1) is 30.2. The Morgan fingerprint density at radius 2 is 1.08 bits per heavy atom. The van der Waals surface area contributed by atoms with Gasteiger partial charge in [0.05, 0.1) is 5.69 Å². The van der Waals surface area contributed by atoms with Crippen LogP contribution in [-0.4, -0.2) is 0 Å². The second-order valence-electron chi connectivity index (χ2n) is 14.2. The maximum absolute atomic E-state index is 7.02. The summed E-state index contributed by atoms with van der Waals surface area (Å²) in [5.41, 5.74) is 13.5. The summed E-state index contributed by atoms with van der Waals surface area (Å²) in [5.74, 6) is 0. The normalized spacial score (nSPS) is 13.2. The van der Waals surface area contributed by atoms with Gasteiger partial charge in [-0.15, -0.1) is 11.3 Å². The number of fused-ring (bicyclic) bond motifs is 9. The topological polar surface area (TPSA) is 16.4 Å². The smallest absolute Gasteiger partial charge is 0.159 e. The minimum atomic E-state index is -0.350. The number of anilines is 3. The molecule has 2 aromatic heterocycles. The van der Waals surface area contributed by atoms with E-state index in [0.29, 0.717) is 0 Å². The van der Waals surface area contributed by atoms with E-state index in [0.717, 1.165) is 39.0 Å². The van der Waals surface area contributed by atoms with E-state index in [-0.39, 0.29) is 5.41 Å². The van der Waals surface area contributed by atoms with E-state index in [4.69, 9.17) is 4.42 Å². The highest BCUT2D eigenvalue weighted by atomic mass is 32.1. The third kappa shape index (κ3) is 4.44. The van der Waals surface area contributed by atoms with E-state index < -0.39 is 0 Å². The summed E-state index contributed by atoms with van der Waals surface area (Å²) in [7, 11) is 0. The summed E-state index contributed by atoms with van der Waals surface area (Å²) in [6, 6.07) is 66.1. The number of hydrogen-bond acceptors (Lipinski definition) is 3. The lowest BCUT2D eigenvalue weighted by Crippen LogP contribution is -2.22. The molecule has 10 aromatic rings. The van der Waals surface area contributed by atoms with E-state index in [1.165, 1.54) is 59.1 Å². The van der Waals surface area contributed by atoms with Gasteiger partial charge in [-0.1, -0.05) is 133 Å². The number of hydrogen-bond donors (Lipinski definition) is 0. The fourth-order valence-corrected chi connectivity index (χ4v) is 9.97. The fraction of sp³-hybridized carbons (Fsp3) is 0.0400. The van der Waals surface area contributed by atoms with Crippen LogP contribution in [0, 0.1) is 0 Å². The predicted molar refractivity (Wildman–Crippen MR) is 224 cm³/mol. The van der Waals surface area contributed by atoms with Crippen LogP contribution in [0.5, 0.6) is 0 Å². The van der Waals surface area contributed by atoms with Gasteiger partial charge in [-0.3, -0.25) is 0 Å². The molecule has 11 rings (SSSR count). The summed E-state index contributed by atoms with van der Waals surface area (Å²) in [6.07, 6.45) is 0. The van der Waals surface area contributed by atoms with Crippen LogP contribution in [0.3, 0.4) is 0 Å². The number of nitrogens with zero attached hydrogens (tertiary/aromatic N) is 1. The molecule has 0 atom stereocenters. The van der Waals surface area contributed by atoms with Gasteiger partial charge >= 0.3 is 0 Å². The van der Waals surface area contributed by atoms with Crippen molar-refractivity contribution in [3.63, 3.8) is 0 Å². The molecule has 1 aliphatic carbocycles. The quantitative estimate of drug-likeness (QED) is 0.178. The second-order valence-corrected chi connectivity index (χ2v) is 15.3. The van der Waals surface area contributed by atoms with Gasteiger partial charge in [-0.25, -0.2) is 0 Å². The highest BCUT2D eigenvalue weighted by molar-refractivity contribution is 7.25. The van der Waals surface area contributed by atoms with Gasteiger partial charge < -0.3 is 9.32 Å². The zero-order valence-corrected chi connectivity index (χ0v) is 29.9. The van der Waals surface area contributed by atoms with Gasteiger partial charge in [0.25, 0.3) is 0 Å². The average molecular weight is 696 g/mol. The average Bonchev–Trinajstić information content (AvgIpc) is 3.88. The molecule has 53 heavy (non-hydrogen) atoms. The van der Waals surface area contributed by atoms with Crippen molar-refractivity contribution in [2.24, 2.45) is 0 Å². The van der Waals surface area contributed by atoms with Gasteiger partial charge in [0.15, 0.2) is 5.58 Å². The minimum absolute atomic E-state index is 0.350. The van der Waals surface area contributed by atoms with Crippen LogP contribution >= 0.6 is 11.3 Å². The van der Waals surface area contributed by atoms with Crippen LogP contribution in [-0.2, 0) is 5.41 Å². The Hall–Kier alpha value is -6.42. The Morgan fingerprint density at radius 3 is 1.87 bits per heavy atom. The summed E-state index contributed by atoms with van der Waals surface area (Å²) in [4.78, 5) is 2.37. The molecule has 0 aliphatic heterocycles. The number of thiophene rings is 1. The van der Waals surface area contributed by atoms with Gasteiger partial charge in [-0.2, -0.15) is 0 Å². The highest BCUT2D eigenvalue weighted by Crippen LogP contribution is 2.55. The van der Waals surface area contributed by atoms with Crippen molar-refractivity contribution >= 4 is 70.5 Å². The molecule has 0 bridgehead atoms. The van der Waals surface area contributed by atoms with Crippen LogP contribution in [0.4, 0.5) is 17.1 Å². The molecule has 2 heterocycles. The van der Waals surface area contributed by atoms with Crippen molar-refractivity contribution in [3.8, 4) is 22.3 Å². The van der Waals surface area contributed by atoms with Crippen LogP contribution < -0.4 is 4.90 Å². The Morgan fingerprint density at radius 1 is 0.472 bits per heavy atom. The number of para-hydroxylation sites is 1. The molecule has 0 radical (unpaired) electrons. The van der Waals surface area contributed by atoms with Gasteiger partial charge in [0.1, 0.15) is 5.58 Å². The Bertz CT molecular complexity index is 2980. The lowest BCUT2D eigenvalue weighted by atomic mass is 9.73. The zero-order valence-electron chi connectivity index (χ0n) is 29.1. The van der Waals surface area contributed by atoms with E-state index in [9.17, 15) is 0 Å². The standard InChI is InChI=1S/C50H33NOS/c1-50(41-19-8-5-15-36(41)37-16-6-9-20-42(37)50)43-21-12-23-45-48(43)39-18-11-22-44(49(39)52-45)51(34-27-25-33(26-28-34)32-13-3-2-4-14-32)35-29-30-47-40(31-35)38-17-7-10-24-46(38)53-47/h2-31H,1H3. The van der Waals surface area contributed by atoms with Crippen LogP contribution in [0.15, 0.2) is 186 Å². The van der Waals surface area contributed by atoms with Crippen LogP contribution in [0.25, 0.3) is 64.4 Å². The lowest BCUT2D eigenvalue weighted by molar-refractivity contribution is 0.666. The molecule has 0 amide bonds. The molecule has 0 spiro atoms.